The van der Waals surface area contributed by atoms with Crippen LogP contribution in [0.5, 0.6) is 0 Å². The Kier molecular flexibility index (Phi) is 3.87. The van der Waals surface area contributed by atoms with Crippen LogP contribution in [0.15, 0.2) is 22.0 Å². The zero-order chi connectivity index (χ0) is 14.0. The molecule has 108 valence electrons. The van der Waals surface area contributed by atoms with E-state index >= 15 is 0 Å². The third kappa shape index (κ3) is 3.26. The Balaban J connectivity index is 1.63. The first kappa shape index (κ1) is 13.7. The van der Waals surface area contributed by atoms with E-state index in [1.807, 2.05) is 24.4 Å². The Morgan fingerprint density at radius 1 is 1.45 bits per heavy atom. The monoisotopic (exact) mass is 293 g/mol. The van der Waals surface area contributed by atoms with Crippen LogP contribution in [-0.4, -0.2) is 38.8 Å². The van der Waals surface area contributed by atoms with E-state index in [-0.39, 0.29) is 0 Å². The van der Waals surface area contributed by atoms with Gasteiger partial charge in [-0.15, -0.1) is 11.3 Å². The van der Waals surface area contributed by atoms with Crippen molar-refractivity contribution in [2.45, 2.75) is 38.3 Å². The molecule has 0 bridgehead atoms. The van der Waals surface area contributed by atoms with Gasteiger partial charge in [0.25, 0.3) is 0 Å². The molecule has 3 rings (SSSR count). The molecule has 2 aromatic heterocycles. The first-order valence-electron chi connectivity index (χ1n) is 6.94. The highest BCUT2D eigenvalue weighted by Gasteiger charge is 2.25. The van der Waals surface area contributed by atoms with E-state index < -0.39 is 5.60 Å². The molecule has 0 spiro atoms. The summed E-state index contributed by atoms with van der Waals surface area (Å²) in [4.78, 5) is 7.74. The summed E-state index contributed by atoms with van der Waals surface area (Å²) in [6.07, 6.45) is 2.64. The second kappa shape index (κ2) is 5.63. The molecule has 1 atom stereocenters. The first-order valence-corrected chi connectivity index (χ1v) is 7.82. The molecular weight excluding hydrogens is 274 g/mol. The molecule has 6 heteroatoms. The van der Waals surface area contributed by atoms with Gasteiger partial charge in [-0.25, -0.2) is 0 Å². The highest BCUT2D eigenvalue weighted by molar-refractivity contribution is 7.13. The van der Waals surface area contributed by atoms with Crippen LogP contribution in [0.1, 0.15) is 32.1 Å². The van der Waals surface area contributed by atoms with Crippen LogP contribution in [0.25, 0.3) is 10.7 Å². The molecule has 20 heavy (non-hydrogen) atoms. The third-order valence-electron chi connectivity index (χ3n) is 3.72. The van der Waals surface area contributed by atoms with Crippen LogP contribution in [-0.2, 0) is 6.54 Å². The van der Waals surface area contributed by atoms with Crippen LogP contribution in [0.3, 0.4) is 0 Å². The lowest BCUT2D eigenvalue weighted by atomic mass is 9.98. The average Bonchev–Trinajstić information content (AvgIpc) is 3.03. The molecule has 2 aromatic rings. The van der Waals surface area contributed by atoms with Gasteiger partial charge >= 0.3 is 0 Å². The minimum absolute atomic E-state index is 0.536. The molecule has 3 heterocycles. The zero-order valence-electron chi connectivity index (χ0n) is 11.6. The van der Waals surface area contributed by atoms with E-state index in [2.05, 4.69) is 15.0 Å². The Hall–Kier alpha value is -1.24. The number of aromatic nitrogens is 2. The van der Waals surface area contributed by atoms with E-state index in [4.69, 9.17) is 4.52 Å². The minimum Gasteiger partial charge on any atom is -0.390 e. The summed E-state index contributed by atoms with van der Waals surface area (Å²) >= 11 is 1.61. The topological polar surface area (TPSA) is 62.4 Å². The van der Waals surface area contributed by atoms with Gasteiger partial charge in [0.1, 0.15) is 0 Å². The van der Waals surface area contributed by atoms with Crippen LogP contribution < -0.4 is 0 Å². The molecule has 1 fully saturated rings. The number of hydrogen-bond acceptors (Lipinski definition) is 6. The molecule has 5 nitrogen and oxygen atoms in total. The quantitative estimate of drug-likeness (QED) is 0.942. The number of thiophene rings is 1. The standard InChI is InChI=1S/C14H19N3O2S/c1-14(18)5-3-7-17(8-6-14)10-12-15-13(16-19-12)11-4-2-9-20-11/h2,4,9,18H,3,5-8,10H2,1H3. The van der Waals surface area contributed by atoms with E-state index in [0.717, 1.165) is 37.2 Å². The Bertz CT molecular complexity index is 551. The van der Waals surface area contributed by atoms with E-state index in [1.54, 1.807) is 11.3 Å². The Labute approximate surface area is 122 Å². The fourth-order valence-electron chi connectivity index (χ4n) is 2.49. The van der Waals surface area contributed by atoms with Gasteiger partial charge in [0.05, 0.1) is 17.0 Å². The van der Waals surface area contributed by atoms with Gasteiger partial charge in [-0.05, 0) is 44.2 Å². The number of hydrogen-bond donors (Lipinski definition) is 1. The number of rotatable bonds is 3. The van der Waals surface area contributed by atoms with Crippen molar-refractivity contribution in [3.05, 3.63) is 23.4 Å². The SMILES string of the molecule is CC1(O)CCCN(Cc2nc(-c3cccs3)no2)CC1. The third-order valence-corrected chi connectivity index (χ3v) is 4.59. The highest BCUT2D eigenvalue weighted by Crippen LogP contribution is 2.24. The molecule has 0 aromatic carbocycles. The minimum atomic E-state index is -0.536. The number of likely N-dealkylation sites (tertiary alicyclic amines) is 1. The largest absolute Gasteiger partial charge is 0.390 e. The van der Waals surface area contributed by atoms with Gasteiger partial charge in [0, 0.05) is 6.54 Å². The predicted octanol–water partition coefficient (Wildman–Crippen LogP) is 2.54. The zero-order valence-corrected chi connectivity index (χ0v) is 12.4. The van der Waals surface area contributed by atoms with E-state index in [0.29, 0.717) is 18.3 Å². The van der Waals surface area contributed by atoms with Gasteiger partial charge < -0.3 is 9.63 Å². The van der Waals surface area contributed by atoms with Crippen LogP contribution >= 0.6 is 11.3 Å². The van der Waals surface area contributed by atoms with Gasteiger partial charge in [0.15, 0.2) is 0 Å². The maximum atomic E-state index is 10.1. The van der Waals surface area contributed by atoms with Crippen molar-refractivity contribution in [2.75, 3.05) is 13.1 Å². The normalized spacial score (nSPS) is 24.7. The predicted molar refractivity (Wildman–Crippen MR) is 77.4 cm³/mol. The molecule has 0 amide bonds. The van der Waals surface area contributed by atoms with Gasteiger partial charge in [-0.1, -0.05) is 11.2 Å². The lowest BCUT2D eigenvalue weighted by Gasteiger charge is -2.21. The summed E-state index contributed by atoms with van der Waals surface area (Å²) in [7, 11) is 0. The Morgan fingerprint density at radius 2 is 2.35 bits per heavy atom. The molecule has 1 unspecified atom stereocenters. The molecule has 0 saturated carbocycles. The fraction of sp³-hybridized carbons (Fsp3) is 0.571. The van der Waals surface area contributed by atoms with Crippen LogP contribution in [0, 0.1) is 0 Å². The van der Waals surface area contributed by atoms with Gasteiger partial charge in [-0.2, -0.15) is 4.98 Å². The van der Waals surface area contributed by atoms with E-state index in [9.17, 15) is 5.11 Å². The molecule has 1 saturated heterocycles. The summed E-state index contributed by atoms with van der Waals surface area (Å²) in [6.45, 7) is 4.41. The molecule has 1 aliphatic rings. The first-order chi connectivity index (χ1) is 9.62. The molecule has 1 N–H and O–H groups in total. The lowest BCUT2D eigenvalue weighted by Crippen LogP contribution is -2.28. The Morgan fingerprint density at radius 3 is 3.15 bits per heavy atom. The molecular formula is C14H19N3O2S. The van der Waals surface area contributed by atoms with Crippen molar-refractivity contribution in [2.24, 2.45) is 0 Å². The molecule has 0 radical (unpaired) electrons. The summed E-state index contributed by atoms with van der Waals surface area (Å²) in [5.74, 6) is 1.31. The smallest absolute Gasteiger partial charge is 0.241 e. The van der Waals surface area contributed by atoms with Crippen LogP contribution in [0.2, 0.25) is 0 Å². The molecule has 0 aliphatic carbocycles. The van der Waals surface area contributed by atoms with Crippen molar-refractivity contribution in [3.63, 3.8) is 0 Å². The highest BCUT2D eigenvalue weighted by atomic mass is 32.1. The number of aliphatic hydroxyl groups is 1. The summed E-state index contributed by atoms with van der Waals surface area (Å²) < 4.78 is 5.33. The van der Waals surface area contributed by atoms with Gasteiger partial charge in [-0.3, -0.25) is 4.90 Å². The average molecular weight is 293 g/mol. The maximum Gasteiger partial charge on any atom is 0.241 e. The summed E-state index contributed by atoms with van der Waals surface area (Å²) in [6, 6.07) is 3.97. The number of nitrogens with zero attached hydrogens (tertiary/aromatic N) is 3. The van der Waals surface area contributed by atoms with Crippen molar-refractivity contribution in [1.82, 2.24) is 15.0 Å². The van der Waals surface area contributed by atoms with Crippen molar-refractivity contribution >= 4 is 11.3 Å². The van der Waals surface area contributed by atoms with Crippen molar-refractivity contribution in [3.8, 4) is 10.7 Å². The maximum absolute atomic E-state index is 10.1. The van der Waals surface area contributed by atoms with Crippen molar-refractivity contribution < 1.29 is 9.63 Å². The molecule has 1 aliphatic heterocycles. The fourth-order valence-corrected chi connectivity index (χ4v) is 3.14. The van der Waals surface area contributed by atoms with Crippen LogP contribution in [0.4, 0.5) is 0 Å². The van der Waals surface area contributed by atoms with E-state index in [1.165, 1.54) is 0 Å². The second-order valence-corrected chi connectivity index (χ2v) is 6.56. The lowest BCUT2D eigenvalue weighted by molar-refractivity contribution is 0.0440. The van der Waals surface area contributed by atoms with Crippen molar-refractivity contribution in [1.29, 1.82) is 0 Å². The summed E-state index contributed by atoms with van der Waals surface area (Å²) in [5, 5.41) is 16.1. The van der Waals surface area contributed by atoms with Gasteiger partial charge in [0.2, 0.25) is 11.7 Å². The summed E-state index contributed by atoms with van der Waals surface area (Å²) in [5.41, 5.74) is -0.536. The second-order valence-electron chi connectivity index (χ2n) is 5.62.